The molecule has 0 bridgehead atoms. The van der Waals surface area contributed by atoms with Crippen LogP contribution in [-0.2, 0) is 14.8 Å². The molecule has 1 fully saturated rings. The van der Waals surface area contributed by atoms with Crippen LogP contribution in [0, 0.1) is 11.7 Å². The summed E-state index contributed by atoms with van der Waals surface area (Å²) in [6, 6.07) is 11.9. The number of nitrogens with one attached hydrogen (secondary N) is 1. The lowest BCUT2D eigenvalue weighted by Gasteiger charge is -2.31. The van der Waals surface area contributed by atoms with Crippen molar-refractivity contribution in [2.45, 2.75) is 30.7 Å². The second-order valence-electron chi connectivity index (χ2n) is 6.91. The summed E-state index contributed by atoms with van der Waals surface area (Å²) < 4.78 is 39.7. The Labute approximate surface area is 169 Å². The number of piperidine rings is 1. The van der Waals surface area contributed by atoms with E-state index in [0.29, 0.717) is 17.9 Å². The molecule has 8 heteroatoms. The molecule has 0 aromatic heterocycles. The predicted octanol–water partition coefficient (Wildman–Crippen LogP) is 3.76. The van der Waals surface area contributed by atoms with E-state index in [1.165, 1.54) is 16.4 Å². The Bertz CT molecular complexity index is 925. The van der Waals surface area contributed by atoms with Crippen LogP contribution in [0.2, 0.25) is 5.02 Å². The summed E-state index contributed by atoms with van der Waals surface area (Å²) in [6.45, 7) is 2.41. The summed E-state index contributed by atoms with van der Waals surface area (Å²) >= 11 is 5.89. The number of sulfonamides is 1. The molecule has 0 radical (unpaired) electrons. The Morgan fingerprint density at radius 2 is 1.68 bits per heavy atom. The highest BCUT2D eigenvalue weighted by Crippen LogP contribution is 2.25. The molecular weight excluding hydrogens is 403 g/mol. The largest absolute Gasteiger partial charge is 0.349 e. The standard InChI is InChI=1S/C20H22ClFN2O3S/c1-14(15-2-4-17(21)5-3-15)23-20(25)16-10-12-24(13-11-16)28(26,27)19-8-6-18(22)7-9-19/h2-9,14,16H,10-13H2,1H3,(H,23,25)/t14-/m0/s1. The molecule has 2 aromatic rings. The maximum absolute atomic E-state index is 13.0. The van der Waals surface area contributed by atoms with Gasteiger partial charge in [0.1, 0.15) is 5.82 Å². The lowest BCUT2D eigenvalue weighted by molar-refractivity contribution is -0.126. The number of halogens is 2. The van der Waals surface area contributed by atoms with Gasteiger partial charge in [0.05, 0.1) is 10.9 Å². The normalized spacial score (nSPS) is 17.2. The van der Waals surface area contributed by atoms with E-state index in [-0.39, 0.29) is 35.9 Å². The maximum Gasteiger partial charge on any atom is 0.243 e. The Balaban J connectivity index is 1.57. The third-order valence-corrected chi connectivity index (χ3v) is 7.17. The highest BCUT2D eigenvalue weighted by molar-refractivity contribution is 7.89. The van der Waals surface area contributed by atoms with Gasteiger partial charge >= 0.3 is 0 Å². The van der Waals surface area contributed by atoms with Crippen molar-refractivity contribution in [3.63, 3.8) is 0 Å². The maximum atomic E-state index is 13.0. The fraction of sp³-hybridized carbons (Fsp3) is 0.350. The van der Waals surface area contributed by atoms with Gasteiger partial charge in [-0.25, -0.2) is 12.8 Å². The molecule has 1 N–H and O–H groups in total. The van der Waals surface area contributed by atoms with Crippen molar-refractivity contribution < 1.29 is 17.6 Å². The van der Waals surface area contributed by atoms with E-state index in [0.717, 1.165) is 17.7 Å². The molecule has 28 heavy (non-hydrogen) atoms. The molecule has 1 saturated heterocycles. The van der Waals surface area contributed by atoms with Crippen LogP contribution in [0.4, 0.5) is 4.39 Å². The third kappa shape index (κ3) is 4.71. The SMILES string of the molecule is C[C@H](NC(=O)C1CCN(S(=O)(=O)c2ccc(F)cc2)CC1)c1ccc(Cl)cc1. The van der Waals surface area contributed by atoms with Gasteiger partial charge in [0, 0.05) is 24.0 Å². The number of hydrogen-bond donors (Lipinski definition) is 1. The highest BCUT2D eigenvalue weighted by Gasteiger charge is 2.32. The van der Waals surface area contributed by atoms with Crippen LogP contribution < -0.4 is 5.32 Å². The predicted molar refractivity (Wildman–Crippen MR) is 106 cm³/mol. The van der Waals surface area contributed by atoms with Gasteiger partial charge in [-0.3, -0.25) is 4.79 Å². The Hall–Kier alpha value is -1.96. The molecule has 0 aliphatic carbocycles. The van der Waals surface area contributed by atoms with Crippen LogP contribution in [0.25, 0.3) is 0 Å². The van der Waals surface area contributed by atoms with Crippen molar-refractivity contribution in [2.24, 2.45) is 5.92 Å². The van der Waals surface area contributed by atoms with Crippen molar-refractivity contribution in [1.29, 1.82) is 0 Å². The molecule has 150 valence electrons. The summed E-state index contributed by atoms with van der Waals surface area (Å²) in [7, 11) is -3.68. The first-order valence-electron chi connectivity index (χ1n) is 9.09. The van der Waals surface area contributed by atoms with E-state index < -0.39 is 15.8 Å². The van der Waals surface area contributed by atoms with Gasteiger partial charge < -0.3 is 5.32 Å². The molecule has 2 aromatic carbocycles. The minimum absolute atomic E-state index is 0.0631. The number of rotatable bonds is 5. The quantitative estimate of drug-likeness (QED) is 0.794. The zero-order chi connectivity index (χ0) is 20.3. The summed E-state index contributed by atoms with van der Waals surface area (Å²) in [5.74, 6) is -0.806. The molecule has 0 saturated carbocycles. The van der Waals surface area contributed by atoms with Crippen molar-refractivity contribution in [3.8, 4) is 0 Å². The zero-order valence-corrected chi connectivity index (χ0v) is 17.0. The highest BCUT2D eigenvalue weighted by atomic mass is 35.5. The fourth-order valence-corrected chi connectivity index (χ4v) is 4.88. The second kappa shape index (κ2) is 8.59. The van der Waals surface area contributed by atoms with E-state index in [2.05, 4.69) is 5.32 Å². The average molecular weight is 425 g/mol. The molecule has 5 nitrogen and oxygen atoms in total. The van der Waals surface area contributed by atoms with E-state index in [4.69, 9.17) is 11.6 Å². The topological polar surface area (TPSA) is 66.5 Å². The van der Waals surface area contributed by atoms with Crippen LogP contribution in [-0.4, -0.2) is 31.7 Å². The molecule has 1 aliphatic heterocycles. The number of hydrogen-bond acceptors (Lipinski definition) is 3. The van der Waals surface area contributed by atoms with Crippen molar-refractivity contribution in [2.75, 3.05) is 13.1 Å². The fourth-order valence-electron chi connectivity index (χ4n) is 3.28. The minimum atomic E-state index is -3.68. The van der Waals surface area contributed by atoms with Crippen LogP contribution in [0.3, 0.4) is 0 Å². The molecule has 0 unspecified atom stereocenters. The lowest BCUT2D eigenvalue weighted by atomic mass is 9.96. The van der Waals surface area contributed by atoms with Crippen LogP contribution in [0.1, 0.15) is 31.4 Å². The van der Waals surface area contributed by atoms with Crippen LogP contribution in [0.15, 0.2) is 53.4 Å². The van der Waals surface area contributed by atoms with E-state index in [1.54, 1.807) is 12.1 Å². The van der Waals surface area contributed by atoms with E-state index in [1.807, 2.05) is 19.1 Å². The van der Waals surface area contributed by atoms with Gasteiger partial charge in [-0.15, -0.1) is 0 Å². The van der Waals surface area contributed by atoms with Gasteiger partial charge in [0.25, 0.3) is 0 Å². The molecule has 3 rings (SSSR count). The van der Waals surface area contributed by atoms with Crippen molar-refractivity contribution in [1.82, 2.24) is 9.62 Å². The van der Waals surface area contributed by atoms with E-state index in [9.17, 15) is 17.6 Å². The van der Waals surface area contributed by atoms with Crippen molar-refractivity contribution in [3.05, 3.63) is 64.9 Å². The van der Waals surface area contributed by atoms with Crippen LogP contribution >= 0.6 is 11.6 Å². The van der Waals surface area contributed by atoms with Gasteiger partial charge in [0.2, 0.25) is 15.9 Å². The number of amides is 1. The summed E-state index contributed by atoms with van der Waals surface area (Å²) in [4.78, 5) is 12.6. The number of benzene rings is 2. The average Bonchev–Trinajstić information content (AvgIpc) is 2.69. The first-order valence-corrected chi connectivity index (χ1v) is 10.9. The van der Waals surface area contributed by atoms with E-state index >= 15 is 0 Å². The van der Waals surface area contributed by atoms with Crippen molar-refractivity contribution >= 4 is 27.5 Å². The molecule has 0 spiro atoms. The van der Waals surface area contributed by atoms with Gasteiger partial charge in [-0.1, -0.05) is 23.7 Å². The monoisotopic (exact) mass is 424 g/mol. The van der Waals surface area contributed by atoms with Crippen LogP contribution in [0.5, 0.6) is 0 Å². The summed E-state index contributed by atoms with van der Waals surface area (Å²) in [6.07, 6.45) is 0.888. The molecule has 1 heterocycles. The number of nitrogens with zero attached hydrogens (tertiary/aromatic N) is 1. The first kappa shape index (κ1) is 20.8. The second-order valence-corrected chi connectivity index (χ2v) is 9.29. The number of carbonyl (C=O) groups is 1. The Morgan fingerprint density at radius 1 is 1.11 bits per heavy atom. The Kier molecular flexibility index (Phi) is 6.37. The molecule has 1 atom stereocenters. The number of carbonyl (C=O) groups excluding carboxylic acids is 1. The van der Waals surface area contributed by atoms with Gasteiger partial charge in [-0.2, -0.15) is 4.31 Å². The zero-order valence-electron chi connectivity index (χ0n) is 15.4. The third-order valence-electron chi connectivity index (χ3n) is 5.00. The van der Waals surface area contributed by atoms with Gasteiger partial charge in [0.15, 0.2) is 0 Å². The minimum Gasteiger partial charge on any atom is -0.349 e. The smallest absolute Gasteiger partial charge is 0.243 e. The van der Waals surface area contributed by atoms with Gasteiger partial charge in [-0.05, 0) is 61.7 Å². The molecule has 1 amide bonds. The first-order chi connectivity index (χ1) is 13.3. The molecular formula is C20H22ClFN2O3S. The Morgan fingerprint density at radius 3 is 2.25 bits per heavy atom. The summed E-state index contributed by atoms with van der Waals surface area (Å²) in [5.41, 5.74) is 0.953. The molecule has 1 aliphatic rings. The summed E-state index contributed by atoms with van der Waals surface area (Å²) in [5, 5.41) is 3.62. The lowest BCUT2D eigenvalue weighted by Crippen LogP contribution is -2.43.